The molecule has 1 saturated heterocycles. The molecule has 5 heteroatoms. The predicted molar refractivity (Wildman–Crippen MR) is 60.7 cm³/mol. The Labute approximate surface area is 99.6 Å². The number of hydrogen-bond acceptors (Lipinski definition) is 3. The number of allylic oxidation sites excluding steroid dienone is 1. The molecule has 0 aromatic rings. The zero-order valence-electron chi connectivity index (χ0n) is 10.1. The highest BCUT2D eigenvalue weighted by Gasteiger charge is 2.50. The fourth-order valence-electron chi connectivity index (χ4n) is 2.87. The van der Waals surface area contributed by atoms with Gasteiger partial charge in [-0.15, -0.1) is 0 Å². The summed E-state index contributed by atoms with van der Waals surface area (Å²) in [6.07, 6.45) is 1.96. The van der Waals surface area contributed by atoms with Gasteiger partial charge in [0.1, 0.15) is 0 Å². The lowest BCUT2D eigenvalue weighted by Crippen LogP contribution is -2.48. The largest absolute Gasteiger partial charge is 0.349 e. The highest BCUT2D eigenvalue weighted by atomic mass is 16.2. The Morgan fingerprint density at radius 2 is 1.88 bits per heavy atom. The second kappa shape index (κ2) is 3.98. The molecule has 1 fully saturated rings. The molecule has 0 spiro atoms. The summed E-state index contributed by atoms with van der Waals surface area (Å²) >= 11 is 0. The van der Waals surface area contributed by atoms with Crippen LogP contribution in [0.15, 0.2) is 11.6 Å². The second-order valence-electron chi connectivity index (χ2n) is 4.85. The van der Waals surface area contributed by atoms with Crippen molar-refractivity contribution < 1.29 is 14.4 Å². The first kappa shape index (κ1) is 11.8. The van der Waals surface area contributed by atoms with E-state index in [1.165, 1.54) is 6.92 Å². The standard InChI is InChI=1S/C12H16N2O3/c1-5-4-6(2)10(13-7(3)15)9-8(5)11(16)14-12(9)17/h4-5,8-10H,1-3H3,(H,13,15)(H,14,16,17)/t5?,8-,9-,10+/m1/s1. The second-order valence-corrected chi connectivity index (χ2v) is 4.85. The number of carbonyl (C=O) groups excluding carboxylic acids is 3. The Morgan fingerprint density at radius 3 is 2.47 bits per heavy atom. The zero-order chi connectivity index (χ0) is 12.7. The Morgan fingerprint density at radius 1 is 1.29 bits per heavy atom. The average Bonchev–Trinajstić information content (AvgIpc) is 2.48. The smallest absolute Gasteiger partial charge is 0.232 e. The molecule has 2 N–H and O–H groups in total. The summed E-state index contributed by atoms with van der Waals surface area (Å²) < 4.78 is 0. The molecule has 1 heterocycles. The Kier molecular flexibility index (Phi) is 2.77. The molecule has 0 aromatic carbocycles. The summed E-state index contributed by atoms with van der Waals surface area (Å²) in [5.41, 5.74) is 0.943. The van der Waals surface area contributed by atoms with E-state index in [0.29, 0.717) is 0 Å². The summed E-state index contributed by atoms with van der Waals surface area (Å²) in [5, 5.41) is 5.10. The van der Waals surface area contributed by atoms with Gasteiger partial charge in [0.2, 0.25) is 17.7 Å². The molecule has 2 aliphatic rings. The zero-order valence-corrected chi connectivity index (χ0v) is 10.1. The van der Waals surface area contributed by atoms with E-state index in [2.05, 4.69) is 10.6 Å². The van der Waals surface area contributed by atoms with E-state index >= 15 is 0 Å². The van der Waals surface area contributed by atoms with E-state index < -0.39 is 5.92 Å². The molecule has 0 aromatic heterocycles. The van der Waals surface area contributed by atoms with Crippen molar-refractivity contribution in [2.45, 2.75) is 26.8 Å². The van der Waals surface area contributed by atoms with Crippen molar-refractivity contribution in [1.82, 2.24) is 10.6 Å². The topological polar surface area (TPSA) is 75.3 Å². The summed E-state index contributed by atoms with van der Waals surface area (Å²) in [6.45, 7) is 5.21. The van der Waals surface area contributed by atoms with E-state index in [9.17, 15) is 14.4 Å². The molecule has 1 aliphatic heterocycles. The van der Waals surface area contributed by atoms with E-state index in [-0.39, 0.29) is 35.6 Å². The molecule has 0 saturated carbocycles. The molecule has 0 radical (unpaired) electrons. The van der Waals surface area contributed by atoms with Gasteiger partial charge in [-0.05, 0) is 12.8 Å². The summed E-state index contributed by atoms with van der Waals surface area (Å²) in [6, 6.07) is -0.361. The van der Waals surface area contributed by atoms with Crippen LogP contribution in [-0.4, -0.2) is 23.8 Å². The van der Waals surface area contributed by atoms with Crippen LogP contribution in [0, 0.1) is 17.8 Å². The van der Waals surface area contributed by atoms with Crippen molar-refractivity contribution in [3.8, 4) is 0 Å². The molecule has 5 nitrogen and oxygen atoms in total. The van der Waals surface area contributed by atoms with Gasteiger partial charge < -0.3 is 5.32 Å². The summed E-state index contributed by atoms with van der Waals surface area (Å²) in [4.78, 5) is 34.6. The van der Waals surface area contributed by atoms with Crippen LogP contribution >= 0.6 is 0 Å². The van der Waals surface area contributed by atoms with Gasteiger partial charge in [-0.3, -0.25) is 19.7 Å². The van der Waals surface area contributed by atoms with Crippen LogP contribution in [0.4, 0.5) is 0 Å². The molecule has 4 atom stereocenters. The number of carbonyl (C=O) groups is 3. The molecular formula is C12H16N2O3. The molecule has 2 rings (SSSR count). The fourth-order valence-corrected chi connectivity index (χ4v) is 2.87. The van der Waals surface area contributed by atoms with Crippen molar-refractivity contribution >= 4 is 17.7 Å². The highest BCUT2D eigenvalue weighted by Crippen LogP contribution is 2.37. The first-order valence-corrected chi connectivity index (χ1v) is 5.72. The van der Waals surface area contributed by atoms with Gasteiger partial charge in [-0.25, -0.2) is 0 Å². The van der Waals surface area contributed by atoms with Gasteiger partial charge in [-0.1, -0.05) is 18.6 Å². The van der Waals surface area contributed by atoms with Gasteiger partial charge in [-0.2, -0.15) is 0 Å². The third-order valence-corrected chi connectivity index (χ3v) is 3.54. The van der Waals surface area contributed by atoms with Gasteiger partial charge in [0, 0.05) is 6.92 Å². The molecule has 3 amide bonds. The molecular weight excluding hydrogens is 220 g/mol. The highest BCUT2D eigenvalue weighted by molar-refractivity contribution is 6.06. The molecule has 17 heavy (non-hydrogen) atoms. The first-order chi connectivity index (χ1) is 7.91. The fraction of sp³-hybridized carbons (Fsp3) is 0.583. The molecule has 92 valence electrons. The van der Waals surface area contributed by atoms with Gasteiger partial charge in [0.05, 0.1) is 17.9 Å². The lowest BCUT2D eigenvalue weighted by Gasteiger charge is -2.34. The Balaban J connectivity index is 2.38. The van der Waals surface area contributed by atoms with E-state index in [1.54, 1.807) is 0 Å². The van der Waals surface area contributed by atoms with Crippen molar-refractivity contribution in [2.24, 2.45) is 17.8 Å². The van der Waals surface area contributed by atoms with Crippen LogP contribution in [0.5, 0.6) is 0 Å². The summed E-state index contributed by atoms with van der Waals surface area (Å²) in [5.74, 6) is -1.50. The van der Waals surface area contributed by atoms with Crippen molar-refractivity contribution in [2.75, 3.05) is 0 Å². The minimum Gasteiger partial charge on any atom is -0.349 e. The minimum atomic E-state index is -0.466. The van der Waals surface area contributed by atoms with Crippen LogP contribution in [0.25, 0.3) is 0 Å². The minimum absolute atomic E-state index is 0.0245. The van der Waals surface area contributed by atoms with E-state index in [4.69, 9.17) is 0 Å². The number of amides is 3. The van der Waals surface area contributed by atoms with Crippen LogP contribution < -0.4 is 10.6 Å². The lowest BCUT2D eigenvalue weighted by molar-refractivity contribution is -0.126. The Bertz CT molecular complexity index is 427. The molecule has 1 unspecified atom stereocenters. The summed E-state index contributed by atoms with van der Waals surface area (Å²) in [7, 11) is 0. The number of fused-ring (bicyclic) bond motifs is 1. The first-order valence-electron chi connectivity index (χ1n) is 5.72. The van der Waals surface area contributed by atoms with Crippen molar-refractivity contribution in [3.63, 3.8) is 0 Å². The predicted octanol–water partition coefficient (Wildman–Crippen LogP) is -0.0241. The maximum Gasteiger partial charge on any atom is 0.232 e. The van der Waals surface area contributed by atoms with Crippen LogP contribution in [0.2, 0.25) is 0 Å². The van der Waals surface area contributed by atoms with Crippen molar-refractivity contribution in [3.05, 3.63) is 11.6 Å². The van der Waals surface area contributed by atoms with Gasteiger partial charge >= 0.3 is 0 Å². The monoisotopic (exact) mass is 236 g/mol. The third kappa shape index (κ3) is 1.85. The third-order valence-electron chi connectivity index (χ3n) is 3.54. The normalized spacial score (nSPS) is 36.1. The Hall–Kier alpha value is -1.65. The SMILES string of the molecule is CC(=O)N[C@H]1C(C)=CC(C)[C@H]2C(=O)NC(=O)[C@H]21. The number of hydrogen-bond donors (Lipinski definition) is 2. The van der Waals surface area contributed by atoms with Gasteiger partial charge in [0.25, 0.3) is 0 Å². The average molecular weight is 236 g/mol. The maximum absolute atomic E-state index is 11.8. The number of rotatable bonds is 1. The molecule has 1 aliphatic carbocycles. The maximum atomic E-state index is 11.8. The van der Waals surface area contributed by atoms with Crippen molar-refractivity contribution in [1.29, 1.82) is 0 Å². The van der Waals surface area contributed by atoms with Crippen LogP contribution in [-0.2, 0) is 14.4 Å². The van der Waals surface area contributed by atoms with E-state index in [0.717, 1.165) is 5.57 Å². The lowest BCUT2D eigenvalue weighted by atomic mass is 9.72. The number of imide groups is 1. The van der Waals surface area contributed by atoms with Crippen LogP contribution in [0.3, 0.4) is 0 Å². The number of nitrogens with one attached hydrogen (secondary N) is 2. The van der Waals surface area contributed by atoms with E-state index in [1.807, 2.05) is 19.9 Å². The quantitative estimate of drug-likeness (QED) is 0.496. The van der Waals surface area contributed by atoms with Gasteiger partial charge in [0.15, 0.2) is 0 Å². The van der Waals surface area contributed by atoms with Crippen LogP contribution in [0.1, 0.15) is 20.8 Å². The molecule has 0 bridgehead atoms.